The molecule has 0 fully saturated rings. The molecule has 0 amide bonds. The van der Waals surface area contributed by atoms with Crippen molar-refractivity contribution in [3.8, 4) is 17.2 Å². The van der Waals surface area contributed by atoms with Crippen LogP contribution in [0.2, 0.25) is 0 Å². The molecule has 0 saturated heterocycles. The van der Waals surface area contributed by atoms with Gasteiger partial charge in [0.05, 0.1) is 26.3 Å². The number of esters is 1. The Kier molecular flexibility index (Phi) is 6.69. The largest absolute Gasteiger partial charge is 0.500 e. The van der Waals surface area contributed by atoms with Gasteiger partial charge in [-0.3, -0.25) is 19.7 Å². The Labute approximate surface area is 207 Å². The van der Waals surface area contributed by atoms with Crippen molar-refractivity contribution in [1.29, 1.82) is 0 Å². The summed E-state index contributed by atoms with van der Waals surface area (Å²) >= 11 is 0. The summed E-state index contributed by atoms with van der Waals surface area (Å²) in [4.78, 5) is 37.4. The number of nitro benzene ring substituents is 1. The number of Topliss-reactive ketones (excluding diaryl/α,β-unsaturated/α-hetero) is 1. The molecule has 0 aromatic heterocycles. The smallest absolute Gasteiger partial charge is 0.315 e. The number of ether oxygens (including phenoxy) is 3. The molecule has 4 rings (SSSR count). The van der Waals surface area contributed by atoms with Gasteiger partial charge in [-0.25, -0.2) is 0 Å². The molecule has 3 atom stereocenters. The number of methoxy groups -OCH3 is 3. The average Bonchev–Trinajstić information content (AvgIpc) is 2.87. The van der Waals surface area contributed by atoms with Crippen LogP contribution in [0.3, 0.4) is 0 Å². The highest BCUT2D eigenvalue weighted by molar-refractivity contribution is 6.01. The van der Waals surface area contributed by atoms with Gasteiger partial charge in [-0.05, 0) is 29.7 Å². The number of phenols is 1. The normalized spacial score (nSPS) is 21.4. The molecule has 188 valence electrons. The van der Waals surface area contributed by atoms with Gasteiger partial charge in [-0.2, -0.15) is 0 Å². The molecule has 2 aromatic carbocycles. The van der Waals surface area contributed by atoms with Crippen LogP contribution in [0.1, 0.15) is 35.8 Å². The van der Waals surface area contributed by atoms with E-state index in [1.54, 1.807) is 7.11 Å². The van der Waals surface area contributed by atoms with Crippen molar-refractivity contribution >= 4 is 17.4 Å². The quantitative estimate of drug-likeness (QED) is 0.350. The second kappa shape index (κ2) is 9.73. The van der Waals surface area contributed by atoms with E-state index in [4.69, 9.17) is 14.2 Å². The van der Waals surface area contributed by atoms with Gasteiger partial charge in [-0.15, -0.1) is 0 Å². The van der Waals surface area contributed by atoms with Crippen molar-refractivity contribution < 1.29 is 33.8 Å². The number of hydrogen-bond donors (Lipinski definition) is 2. The summed E-state index contributed by atoms with van der Waals surface area (Å²) in [6.45, 7) is 4.01. The van der Waals surface area contributed by atoms with E-state index >= 15 is 0 Å². The second-order valence-electron chi connectivity index (χ2n) is 8.64. The lowest BCUT2D eigenvalue weighted by atomic mass is 9.69. The first-order chi connectivity index (χ1) is 17.2. The number of nitro groups is 1. The number of rotatable bonds is 6. The number of benzene rings is 2. The van der Waals surface area contributed by atoms with Gasteiger partial charge in [-0.1, -0.05) is 24.8 Å². The second-order valence-corrected chi connectivity index (χ2v) is 8.64. The maximum Gasteiger partial charge on any atom is 0.315 e. The van der Waals surface area contributed by atoms with Gasteiger partial charge < -0.3 is 24.6 Å². The lowest BCUT2D eigenvalue weighted by Gasteiger charge is -2.40. The van der Waals surface area contributed by atoms with Gasteiger partial charge in [0.1, 0.15) is 11.7 Å². The maximum atomic E-state index is 13.7. The molecule has 36 heavy (non-hydrogen) atoms. The molecule has 0 radical (unpaired) electrons. The summed E-state index contributed by atoms with van der Waals surface area (Å²) in [5.74, 6) is -3.16. The standard InChI is InChI=1S/C26H26N2O8/c1-13-22(26(31)36-4)23(15-10-18(28(32)33)25(30)21(12-15)35-3)24-17(27-13)9-14(11-19(24)29)16-7-5-6-8-20(16)34-2/h5-8,10,12,14,22-23,27,30H,1,9,11H2,2-4H3. The fourth-order valence-corrected chi connectivity index (χ4v) is 5.13. The Bertz CT molecular complexity index is 1300. The Balaban J connectivity index is 1.90. The maximum absolute atomic E-state index is 13.7. The van der Waals surface area contributed by atoms with Crippen molar-refractivity contribution in [2.24, 2.45) is 5.92 Å². The fourth-order valence-electron chi connectivity index (χ4n) is 5.13. The third kappa shape index (κ3) is 4.15. The summed E-state index contributed by atoms with van der Waals surface area (Å²) in [5, 5.41) is 25.1. The van der Waals surface area contributed by atoms with Crippen LogP contribution < -0.4 is 14.8 Å². The van der Waals surface area contributed by atoms with E-state index in [0.717, 1.165) is 11.6 Å². The zero-order valence-corrected chi connectivity index (χ0v) is 20.1. The van der Waals surface area contributed by atoms with Crippen LogP contribution in [0.15, 0.2) is 59.9 Å². The van der Waals surface area contributed by atoms with Crippen molar-refractivity contribution in [2.75, 3.05) is 21.3 Å². The SMILES string of the molecule is C=C1NC2=C(C(=O)CC(c3ccccc3OC)C2)C(c2cc(OC)c(O)c([N+](=O)[O-])c2)C1C(=O)OC. The molecule has 2 N–H and O–H groups in total. The Morgan fingerprint density at radius 1 is 1.14 bits per heavy atom. The van der Waals surface area contributed by atoms with Crippen molar-refractivity contribution in [2.45, 2.75) is 24.7 Å². The highest BCUT2D eigenvalue weighted by Crippen LogP contribution is 2.50. The molecule has 0 spiro atoms. The monoisotopic (exact) mass is 494 g/mol. The third-order valence-corrected chi connectivity index (χ3v) is 6.73. The molecule has 10 nitrogen and oxygen atoms in total. The van der Waals surface area contributed by atoms with Gasteiger partial charge in [0.15, 0.2) is 11.5 Å². The van der Waals surface area contributed by atoms with E-state index in [-0.39, 0.29) is 29.4 Å². The van der Waals surface area contributed by atoms with Crippen LogP contribution in [0.4, 0.5) is 5.69 Å². The zero-order chi connectivity index (χ0) is 26.1. The number of ketones is 1. The molecule has 2 aromatic rings. The van der Waals surface area contributed by atoms with Crippen LogP contribution >= 0.6 is 0 Å². The van der Waals surface area contributed by atoms with E-state index in [9.17, 15) is 24.8 Å². The van der Waals surface area contributed by atoms with Gasteiger partial charge in [0.2, 0.25) is 5.75 Å². The Hall–Kier alpha value is -4.34. The van der Waals surface area contributed by atoms with Crippen molar-refractivity contribution in [3.05, 3.63) is 81.2 Å². The molecule has 10 heteroatoms. The molecule has 1 heterocycles. The summed E-state index contributed by atoms with van der Waals surface area (Å²) in [5.41, 5.74) is 1.73. The van der Waals surface area contributed by atoms with E-state index in [1.807, 2.05) is 24.3 Å². The van der Waals surface area contributed by atoms with Gasteiger partial charge in [0.25, 0.3) is 0 Å². The number of phenolic OH excluding ortho intramolecular Hbond substituents is 1. The zero-order valence-electron chi connectivity index (χ0n) is 20.1. The first-order valence-electron chi connectivity index (χ1n) is 11.2. The first kappa shape index (κ1) is 24.8. The lowest BCUT2D eigenvalue weighted by molar-refractivity contribution is -0.386. The number of carbonyl (C=O) groups excluding carboxylic acids is 2. The third-order valence-electron chi connectivity index (χ3n) is 6.73. The number of nitrogens with one attached hydrogen (secondary N) is 1. The summed E-state index contributed by atoms with van der Waals surface area (Å²) in [6, 6.07) is 10.0. The molecule has 1 aliphatic carbocycles. The molecule has 1 aliphatic heterocycles. The average molecular weight is 495 g/mol. The molecule has 0 bridgehead atoms. The molecule has 3 unspecified atom stereocenters. The Morgan fingerprint density at radius 3 is 2.47 bits per heavy atom. The molecular formula is C26H26N2O8. The first-order valence-corrected chi connectivity index (χ1v) is 11.2. The number of hydrogen-bond acceptors (Lipinski definition) is 9. The number of carbonyl (C=O) groups is 2. The summed E-state index contributed by atoms with van der Waals surface area (Å²) in [7, 11) is 4.05. The van der Waals surface area contributed by atoms with Crippen LogP contribution in [0.5, 0.6) is 17.2 Å². The number of allylic oxidation sites excluding steroid dienone is 2. The van der Waals surface area contributed by atoms with Crippen molar-refractivity contribution in [1.82, 2.24) is 5.32 Å². The molecule has 0 saturated carbocycles. The van der Waals surface area contributed by atoms with Crippen LogP contribution in [0, 0.1) is 16.0 Å². The Morgan fingerprint density at radius 2 is 1.83 bits per heavy atom. The predicted octanol–water partition coefficient (Wildman–Crippen LogP) is 3.71. The molecular weight excluding hydrogens is 468 g/mol. The van der Waals surface area contributed by atoms with Crippen molar-refractivity contribution in [3.63, 3.8) is 0 Å². The minimum atomic E-state index is -1.03. The predicted molar refractivity (Wildman–Crippen MR) is 129 cm³/mol. The lowest BCUT2D eigenvalue weighted by Crippen LogP contribution is -2.42. The van der Waals surface area contributed by atoms with E-state index in [1.165, 1.54) is 20.3 Å². The summed E-state index contributed by atoms with van der Waals surface area (Å²) in [6.07, 6.45) is 0.581. The van der Waals surface area contributed by atoms with Gasteiger partial charge in [0, 0.05) is 41.3 Å². The van der Waals surface area contributed by atoms with E-state index < -0.39 is 34.2 Å². The molecule has 2 aliphatic rings. The number of nitrogens with zero attached hydrogens (tertiary/aromatic N) is 1. The summed E-state index contributed by atoms with van der Waals surface area (Å²) < 4.78 is 15.6. The fraction of sp³-hybridized carbons (Fsp3) is 0.308. The number of para-hydroxylation sites is 1. The topological polar surface area (TPSA) is 137 Å². The van der Waals surface area contributed by atoms with E-state index in [0.29, 0.717) is 29.1 Å². The van der Waals surface area contributed by atoms with E-state index in [2.05, 4.69) is 11.9 Å². The van der Waals surface area contributed by atoms with Crippen LogP contribution in [-0.4, -0.2) is 43.1 Å². The van der Waals surface area contributed by atoms with Gasteiger partial charge >= 0.3 is 11.7 Å². The number of aromatic hydroxyl groups is 1. The van der Waals surface area contributed by atoms with Crippen LogP contribution in [-0.2, 0) is 14.3 Å². The minimum Gasteiger partial charge on any atom is -0.500 e. The highest BCUT2D eigenvalue weighted by atomic mass is 16.6. The van der Waals surface area contributed by atoms with Crippen LogP contribution in [0.25, 0.3) is 0 Å². The minimum absolute atomic E-state index is 0.148. The highest BCUT2D eigenvalue weighted by Gasteiger charge is 2.46.